The van der Waals surface area contributed by atoms with Crippen molar-refractivity contribution in [3.8, 4) is 0 Å². The Labute approximate surface area is 86.7 Å². The van der Waals surface area contributed by atoms with Gasteiger partial charge in [0.05, 0.1) is 0 Å². The number of anilines is 1. The normalized spacial score (nSPS) is 10.3. The highest BCUT2D eigenvalue weighted by Gasteiger charge is 1.96. The molecule has 3 N–H and O–H groups in total. The number of aromatic amines is 1. The zero-order valence-electron chi connectivity index (χ0n) is 7.60. The first-order valence-corrected chi connectivity index (χ1v) is 5.30. The number of thioether (sulfide) groups is 1. The van der Waals surface area contributed by atoms with E-state index in [0.29, 0.717) is 0 Å². The summed E-state index contributed by atoms with van der Waals surface area (Å²) in [7, 11) is 0. The van der Waals surface area contributed by atoms with Crippen LogP contribution in [0, 0.1) is 0 Å². The fourth-order valence-electron chi connectivity index (χ4n) is 1.09. The first-order chi connectivity index (χ1) is 6.84. The van der Waals surface area contributed by atoms with Crippen molar-refractivity contribution < 1.29 is 0 Å². The van der Waals surface area contributed by atoms with Crippen LogP contribution in [0.4, 0.5) is 5.69 Å². The second kappa shape index (κ2) is 4.19. The summed E-state index contributed by atoms with van der Waals surface area (Å²) in [5, 5.41) is 6.81. The molecule has 1 aromatic heterocycles. The molecule has 72 valence electrons. The monoisotopic (exact) mass is 205 g/mol. The average Bonchev–Trinajstić information content (AvgIpc) is 2.70. The Morgan fingerprint density at radius 3 is 2.64 bits per heavy atom. The van der Waals surface area contributed by atoms with E-state index in [1.165, 1.54) is 4.90 Å². The average molecular weight is 205 g/mol. The topological polar surface area (TPSA) is 54.7 Å². The predicted octanol–water partition coefficient (Wildman–Crippen LogP) is 2.28. The van der Waals surface area contributed by atoms with E-state index in [4.69, 9.17) is 5.73 Å². The maximum atomic E-state index is 5.59. The van der Waals surface area contributed by atoms with Crippen molar-refractivity contribution in [1.29, 1.82) is 0 Å². The fraction of sp³-hybridized carbons (Fsp3) is 0.100. The van der Waals surface area contributed by atoms with E-state index in [2.05, 4.69) is 10.2 Å². The van der Waals surface area contributed by atoms with E-state index >= 15 is 0 Å². The number of rotatable bonds is 3. The highest BCUT2D eigenvalue weighted by Crippen LogP contribution is 2.22. The number of H-pyrrole nitrogens is 1. The number of nitrogen functional groups attached to an aromatic ring is 1. The molecule has 14 heavy (non-hydrogen) atoms. The van der Waals surface area contributed by atoms with Crippen LogP contribution in [0.5, 0.6) is 0 Å². The van der Waals surface area contributed by atoms with Gasteiger partial charge in [0.1, 0.15) is 0 Å². The second-order valence-corrected chi connectivity index (χ2v) is 3.99. The predicted molar refractivity (Wildman–Crippen MR) is 59.0 cm³/mol. The molecule has 0 saturated heterocycles. The van der Waals surface area contributed by atoms with Crippen LogP contribution in [0.1, 0.15) is 5.69 Å². The molecule has 2 rings (SSSR count). The molecule has 1 heterocycles. The fourth-order valence-corrected chi connectivity index (χ4v) is 1.90. The number of hydrogen-bond donors (Lipinski definition) is 2. The molecule has 1 aromatic carbocycles. The lowest BCUT2D eigenvalue weighted by Gasteiger charge is -1.99. The lowest BCUT2D eigenvalue weighted by molar-refractivity contribution is 1.04. The highest BCUT2D eigenvalue weighted by molar-refractivity contribution is 7.98. The first kappa shape index (κ1) is 9.15. The number of nitrogens with two attached hydrogens (primary N) is 1. The van der Waals surface area contributed by atoms with Crippen molar-refractivity contribution >= 4 is 17.4 Å². The minimum atomic E-state index is 0.802. The molecular weight excluding hydrogens is 194 g/mol. The molecule has 0 bridgehead atoms. The molecule has 0 aliphatic heterocycles. The summed E-state index contributed by atoms with van der Waals surface area (Å²) in [6.45, 7) is 0. The van der Waals surface area contributed by atoms with Gasteiger partial charge in [-0.15, -0.1) is 11.8 Å². The molecule has 0 aliphatic rings. The third kappa shape index (κ3) is 2.29. The summed E-state index contributed by atoms with van der Waals surface area (Å²) in [5.74, 6) is 0.907. The standard InChI is InChI=1S/C10H11N3S/c11-8-1-3-10(4-2-8)14-7-9-5-6-12-13-9/h1-6H,7,11H2,(H,12,13). The van der Waals surface area contributed by atoms with Gasteiger partial charge in [0.25, 0.3) is 0 Å². The molecule has 0 atom stereocenters. The molecule has 0 spiro atoms. The van der Waals surface area contributed by atoms with Crippen molar-refractivity contribution in [1.82, 2.24) is 10.2 Å². The van der Waals surface area contributed by atoms with E-state index < -0.39 is 0 Å². The molecule has 2 aromatic rings. The summed E-state index contributed by atoms with van der Waals surface area (Å²) >= 11 is 1.76. The minimum Gasteiger partial charge on any atom is -0.399 e. The van der Waals surface area contributed by atoms with E-state index in [1.807, 2.05) is 30.3 Å². The van der Waals surface area contributed by atoms with Gasteiger partial charge in [0.2, 0.25) is 0 Å². The Morgan fingerprint density at radius 2 is 2.00 bits per heavy atom. The van der Waals surface area contributed by atoms with Crippen LogP contribution in [-0.2, 0) is 5.75 Å². The summed E-state index contributed by atoms with van der Waals surface area (Å²) in [6.07, 6.45) is 1.76. The number of nitrogens with zero attached hydrogens (tertiary/aromatic N) is 1. The van der Waals surface area contributed by atoms with E-state index in [1.54, 1.807) is 18.0 Å². The van der Waals surface area contributed by atoms with Gasteiger partial charge in [-0.3, -0.25) is 5.10 Å². The maximum Gasteiger partial charge on any atom is 0.0490 e. The van der Waals surface area contributed by atoms with E-state index in [0.717, 1.165) is 17.1 Å². The number of nitrogens with one attached hydrogen (secondary N) is 1. The molecule has 0 amide bonds. The van der Waals surface area contributed by atoms with Crippen molar-refractivity contribution in [2.24, 2.45) is 0 Å². The molecule has 0 saturated carbocycles. The number of aromatic nitrogens is 2. The van der Waals surface area contributed by atoms with Gasteiger partial charge in [0.15, 0.2) is 0 Å². The summed E-state index contributed by atoms with van der Waals surface area (Å²) in [6, 6.07) is 9.85. The van der Waals surface area contributed by atoms with Gasteiger partial charge in [0, 0.05) is 28.2 Å². The smallest absolute Gasteiger partial charge is 0.0490 e. The van der Waals surface area contributed by atoms with Crippen molar-refractivity contribution in [2.75, 3.05) is 5.73 Å². The zero-order chi connectivity index (χ0) is 9.80. The van der Waals surface area contributed by atoms with Crippen molar-refractivity contribution in [2.45, 2.75) is 10.6 Å². The van der Waals surface area contributed by atoms with Crippen LogP contribution >= 0.6 is 11.8 Å². The van der Waals surface area contributed by atoms with Gasteiger partial charge in [-0.05, 0) is 30.3 Å². The Bertz CT molecular complexity index is 380. The van der Waals surface area contributed by atoms with Crippen LogP contribution in [0.3, 0.4) is 0 Å². The number of hydrogen-bond acceptors (Lipinski definition) is 3. The van der Waals surface area contributed by atoms with Crippen molar-refractivity contribution in [3.05, 3.63) is 42.2 Å². The third-order valence-corrected chi connectivity index (χ3v) is 2.89. The second-order valence-electron chi connectivity index (χ2n) is 2.94. The van der Waals surface area contributed by atoms with Crippen LogP contribution in [0.15, 0.2) is 41.4 Å². The lowest BCUT2D eigenvalue weighted by Crippen LogP contribution is -1.84. The van der Waals surface area contributed by atoms with Gasteiger partial charge in [-0.25, -0.2) is 0 Å². The molecule has 4 heteroatoms. The van der Waals surface area contributed by atoms with Crippen LogP contribution < -0.4 is 5.73 Å². The molecule has 3 nitrogen and oxygen atoms in total. The van der Waals surface area contributed by atoms with Crippen LogP contribution in [0.2, 0.25) is 0 Å². The molecule has 0 radical (unpaired) electrons. The molecule has 0 aliphatic carbocycles. The Kier molecular flexibility index (Phi) is 2.74. The molecular formula is C10H11N3S. The largest absolute Gasteiger partial charge is 0.399 e. The highest BCUT2D eigenvalue weighted by atomic mass is 32.2. The quantitative estimate of drug-likeness (QED) is 0.597. The summed E-state index contributed by atoms with van der Waals surface area (Å²) in [4.78, 5) is 1.22. The zero-order valence-corrected chi connectivity index (χ0v) is 8.42. The Hall–Kier alpha value is -1.42. The Balaban J connectivity index is 1.95. The van der Waals surface area contributed by atoms with E-state index in [9.17, 15) is 0 Å². The third-order valence-electron chi connectivity index (χ3n) is 1.83. The van der Waals surface area contributed by atoms with Crippen LogP contribution in [0.25, 0.3) is 0 Å². The number of benzene rings is 1. The van der Waals surface area contributed by atoms with Gasteiger partial charge >= 0.3 is 0 Å². The molecule has 0 fully saturated rings. The van der Waals surface area contributed by atoms with Gasteiger partial charge < -0.3 is 5.73 Å². The lowest BCUT2D eigenvalue weighted by atomic mass is 10.3. The van der Waals surface area contributed by atoms with Crippen LogP contribution in [-0.4, -0.2) is 10.2 Å². The maximum absolute atomic E-state index is 5.59. The minimum absolute atomic E-state index is 0.802. The first-order valence-electron chi connectivity index (χ1n) is 4.31. The summed E-state index contributed by atoms with van der Waals surface area (Å²) in [5.41, 5.74) is 7.53. The Morgan fingerprint density at radius 1 is 1.21 bits per heavy atom. The van der Waals surface area contributed by atoms with E-state index in [-0.39, 0.29) is 0 Å². The van der Waals surface area contributed by atoms with Crippen molar-refractivity contribution in [3.63, 3.8) is 0 Å². The SMILES string of the molecule is Nc1ccc(SCc2ccn[nH]2)cc1. The summed E-state index contributed by atoms with van der Waals surface area (Å²) < 4.78 is 0. The molecule has 0 unspecified atom stereocenters. The van der Waals surface area contributed by atoms with Gasteiger partial charge in [-0.2, -0.15) is 5.10 Å². The van der Waals surface area contributed by atoms with Gasteiger partial charge in [-0.1, -0.05) is 0 Å².